The molecule has 1 aliphatic rings. The molecule has 21 heavy (non-hydrogen) atoms. The summed E-state index contributed by atoms with van der Waals surface area (Å²) in [5.41, 5.74) is 2.74. The second-order valence-electron chi connectivity index (χ2n) is 5.41. The molecule has 114 valence electrons. The number of anilines is 1. The molecule has 1 aromatic rings. The van der Waals surface area contributed by atoms with Gasteiger partial charge in [0, 0.05) is 12.7 Å². The summed E-state index contributed by atoms with van der Waals surface area (Å²) in [7, 11) is 1.59. The summed E-state index contributed by atoms with van der Waals surface area (Å²) in [5.74, 6) is -1.62. The van der Waals surface area contributed by atoms with Gasteiger partial charge in [-0.2, -0.15) is 0 Å². The molecule has 2 atom stereocenters. The SMILES string of the molecule is Cc1ccc(C)c(NC(=O)N(C)C2COCC2C(=O)O)c1. The van der Waals surface area contributed by atoms with E-state index in [-0.39, 0.29) is 19.2 Å². The lowest BCUT2D eigenvalue weighted by molar-refractivity contribution is -0.142. The molecule has 0 radical (unpaired) electrons. The van der Waals surface area contributed by atoms with Crippen molar-refractivity contribution in [1.82, 2.24) is 4.90 Å². The molecule has 2 rings (SSSR count). The third-order valence-electron chi connectivity index (χ3n) is 3.82. The molecular formula is C15H20N2O4. The number of benzene rings is 1. The normalized spacial score (nSPS) is 21.1. The number of carboxylic acid groups (broad SMARTS) is 1. The maximum absolute atomic E-state index is 12.3. The highest BCUT2D eigenvalue weighted by Crippen LogP contribution is 2.21. The van der Waals surface area contributed by atoms with Gasteiger partial charge in [-0.15, -0.1) is 0 Å². The maximum Gasteiger partial charge on any atom is 0.321 e. The Hall–Kier alpha value is -2.08. The molecule has 2 amide bonds. The van der Waals surface area contributed by atoms with Crippen LogP contribution in [0.2, 0.25) is 0 Å². The van der Waals surface area contributed by atoms with Gasteiger partial charge in [0.05, 0.1) is 19.3 Å². The molecular weight excluding hydrogens is 272 g/mol. The zero-order chi connectivity index (χ0) is 15.6. The number of hydrogen-bond acceptors (Lipinski definition) is 3. The minimum Gasteiger partial charge on any atom is -0.481 e. The number of likely N-dealkylation sites (N-methyl/N-ethyl adjacent to an activating group) is 1. The molecule has 0 spiro atoms. The van der Waals surface area contributed by atoms with Crippen LogP contribution in [0.1, 0.15) is 11.1 Å². The van der Waals surface area contributed by atoms with Gasteiger partial charge in [-0.3, -0.25) is 4.79 Å². The van der Waals surface area contributed by atoms with Gasteiger partial charge >= 0.3 is 12.0 Å². The minimum atomic E-state index is -0.941. The molecule has 0 aliphatic carbocycles. The van der Waals surface area contributed by atoms with Gasteiger partial charge in [-0.25, -0.2) is 4.79 Å². The molecule has 0 saturated carbocycles. The standard InChI is InChI=1S/C15H20N2O4/c1-9-4-5-10(2)12(6-9)16-15(20)17(3)13-8-21-7-11(13)14(18)19/h4-6,11,13H,7-8H2,1-3H3,(H,16,20)(H,18,19). The molecule has 2 N–H and O–H groups in total. The zero-order valence-electron chi connectivity index (χ0n) is 12.4. The van der Waals surface area contributed by atoms with E-state index in [4.69, 9.17) is 9.84 Å². The first-order valence-electron chi connectivity index (χ1n) is 6.81. The number of urea groups is 1. The first kappa shape index (κ1) is 15.3. The van der Waals surface area contributed by atoms with Crippen LogP contribution in [-0.2, 0) is 9.53 Å². The van der Waals surface area contributed by atoms with Crippen molar-refractivity contribution in [2.24, 2.45) is 5.92 Å². The van der Waals surface area contributed by atoms with Crippen molar-refractivity contribution in [3.63, 3.8) is 0 Å². The van der Waals surface area contributed by atoms with Gasteiger partial charge in [-0.1, -0.05) is 12.1 Å². The molecule has 6 nitrogen and oxygen atoms in total. The fourth-order valence-corrected chi connectivity index (χ4v) is 2.39. The van der Waals surface area contributed by atoms with Gasteiger partial charge in [0.25, 0.3) is 0 Å². The molecule has 1 saturated heterocycles. The lowest BCUT2D eigenvalue weighted by atomic mass is 10.0. The van der Waals surface area contributed by atoms with E-state index >= 15 is 0 Å². The third-order valence-corrected chi connectivity index (χ3v) is 3.82. The Kier molecular flexibility index (Phi) is 4.47. The van der Waals surface area contributed by atoms with Crippen molar-refractivity contribution >= 4 is 17.7 Å². The fourth-order valence-electron chi connectivity index (χ4n) is 2.39. The van der Waals surface area contributed by atoms with E-state index < -0.39 is 17.9 Å². The Morgan fingerprint density at radius 2 is 2.05 bits per heavy atom. The van der Waals surface area contributed by atoms with Crippen LogP contribution < -0.4 is 5.32 Å². The van der Waals surface area contributed by atoms with Crippen LogP contribution in [0.5, 0.6) is 0 Å². The number of carbonyl (C=O) groups is 2. The smallest absolute Gasteiger partial charge is 0.321 e. The van der Waals surface area contributed by atoms with Gasteiger partial charge in [0.2, 0.25) is 0 Å². The molecule has 1 aliphatic heterocycles. The van der Waals surface area contributed by atoms with Crippen molar-refractivity contribution in [2.45, 2.75) is 19.9 Å². The quantitative estimate of drug-likeness (QED) is 0.891. The van der Waals surface area contributed by atoms with E-state index in [0.29, 0.717) is 0 Å². The van der Waals surface area contributed by atoms with E-state index in [0.717, 1.165) is 16.8 Å². The fraction of sp³-hybridized carbons (Fsp3) is 0.467. The van der Waals surface area contributed by atoms with Crippen molar-refractivity contribution in [1.29, 1.82) is 0 Å². The largest absolute Gasteiger partial charge is 0.481 e. The Balaban J connectivity index is 2.09. The average Bonchev–Trinajstić information content (AvgIpc) is 2.91. The topological polar surface area (TPSA) is 78.9 Å². The van der Waals surface area contributed by atoms with E-state index in [1.54, 1.807) is 7.05 Å². The predicted molar refractivity (Wildman–Crippen MR) is 78.4 cm³/mol. The van der Waals surface area contributed by atoms with Crippen LogP contribution in [-0.4, -0.2) is 48.3 Å². The summed E-state index contributed by atoms with van der Waals surface area (Å²) in [4.78, 5) is 24.9. The Morgan fingerprint density at radius 3 is 2.71 bits per heavy atom. The zero-order valence-corrected chi connectivity index (χ0v) is 12.4. The molecule has 1 heterocycles. The van der Waals surface area contributed by atoms with Crippen LogP contribution in [0.3, 0.4) is 0 Å². The van der Waals surface area contributed by atoms with Crippen molar-refractivity contribution in [3.8, 4) is 0 Å². The van der Waals surface area contributed by atoms with Gasteiger partial charge in [0.1, 0.15) is 5.92 Å². The number of aryl methyl sites for hydroxylation is 2. The average molecular weight is 292 g/mol. The van der Waals surface area contributed by atoms with Crippen LogP contribution in [0.15, 0.2) is 18.2 Å². The monoisotopic (exact) mass is 292 g/mol. The first-order chi connectivity index (χ1) is 9.90. The summed E-state index contributed by atoms with van der Waals surface area (Å²) in [6.07, 6.45) is 0. The van der Waals surface area contributed by atoms with Crippen LogP contribution in [0, 0.1) is 19.8 Å². The van der Waals surface area contributed by atoms with Crippen LogP contribution >= 0.6 is 0 Å². The molecule has 6 heteroatoms. The second-order valence-corrected chi connectivity index (χ2v) is 5.41. The highest BCUT2D eigenvalue weighted by atomic mass is 16.5. The molecule has 0 aromatic heterocycles. The number of hydrogen-bond donors (Lipinski definition) is 2. The van der Waals surface area contributed by atoms with Crippen molar-refractivity contribution < 1.29 is 19.4 Å². The van der Waals surface area contributed by atoms with Gasteiger partial charge < -0.3 is 20.1 Å². The lowest BCUT2D eigenvalue weighted by Gasteiger charge is -2.26. The Bertz CT molecular complexity index is 559. The van der Waals surface area contributed by atoms with E-state index in [2.05, 4.69) is 5.32 Å². The molecule has 1 fully saturated rings. The molecule has 2 unspecified atom stereocenters. The van der Waals surface area contributed by atoms with E-state index in [9.17, 15) is 9.59 Å². The first-order valence-corrected chi connectivity index (χ1v) is 6.81. The maximum atomic E-state index is 12.3. The number of ether oxygens (including phenoxy) is 1. The highest BCUT2D eigenvalue weighted by molar-refractivity contribution is 5.90. The number of nitrogens with zero attached hydrogens (tertiary/aromatic N) is 1. The van der Waals surface area contributed by atoms with Gasteiger partial charge in [-0.05, 0) is 31.0 Å². The number of carbonyl (C=O) groups excluding carboxylic acids is 1. The summed E-state index contributed by atoms with van der Waals surface area (Å²) in [6, 6.07) is 5.02. The number of aliphatic carboxylic acids is 1. The van der Waals surface area contributed by atoms with Crippen LogP contribution in [0.4, 0.5) is 10.5 Å². The Morgan fingerprint density at radius 1 is 1.33 bits per heavy atom. The predicted octanol–water partition coefficient (Wildman–Crippen LogP) is 1.87. The number of nitrogens with one attached hydrogen (secondary N) is 1. The lowest BCUT2D eigenvalue weighted by Crippen LogP contribution is -2.46. The van der Waals surface area contributed by atoms with Crippen molar-refractivity contribution in [2.75, 3.05) is 25.6 Å². The summed E-state index contributed by atoms with van der Waals surface area (Å²) in [6.45, 7) is 4.24. The molecule has 1 aromatic carbocycles. The van der Waals surface area contributed by atoms with Gasteiger partial charge in [0.15, 0.2) is 0 Å². The van der Waals surface area contributed by atoms with E-state index in [1.807, 2.05) is 32.0 Å². The minimum absolute atomic E-state index is 0.140. The number of rotatable bonds is 3. The summed E-state index contributed by atoms with van der Waals surface area (Å²) >= 11 is 0. The number of carboxylic acids is 1. The van der Waals surface area contributed by atoms with Crippen LogP contribution in [0.25, 0.3) is 0 Å². The van der Waals surface area contributed by atoms with Crippen molar-refractivity contribution in [3.05, 3.63) is 29.3 Å². The van der Waals surface area contributed by atoms with E-state index in [1.165, 1.54) is 4.90 Å². The Labute approximate surface area is 123 Å². The molecule has 0 bridgehead atoms. The third kappa shape index (κ3) is 3.33. The summed E-state index contributed by atoms with van der Waals surface area (Å²) < 4.78 is 5.19. The highest BCUT2D eigenvalue weighted by Gasteiger charge is 2.38. The number of amides is 2. The second kappa shape index (κ2) is 6.13. The summed E-state index contributed by atoms with van der Waals surface area (Å²) in [5, 5.41) is 12.0.